The van der Waals surface area contributed by atoms with E-state index in [1.807, 2.05) is 0 Å². The van der Waals surface area contributed by atoms with Crippen LogP contribution in [0.1, 0.15) is 52.9 Å². The van der Waals surface area contributed by atoms with E-state index in [2.05, 4.69) is 76.1 Å². The number of hydrogen-bond acceptors (Lipinski definition) is 1. The molecule has 1 fully saturated rings. The Morgan fingerprint density at radius 2 is 1.80 bits per heavy atom. The molecule has 1 aliphatic rings. The highest BCUT2D eigenvalue weighted by Gasteiger charge is 2.31. The minimum Gasteiger partial charge on any atom is -0.381 e. The Labute approximate surface area is 140 Å². The third-order valence-electron chi connectivity index (χ3n) is 5.03. The molecule has 2 rings (SSSR count). The highest BCUT2D eigenvalue weighted by atomic mass is 79.9. The van der Waals surface area contributed by atoms with Gasteiger partial charge in [-0.25, -0.2) is 0 Å². The van der Waals surface area contributed by atoms with Gasteiger partial charge >= 0.3 is 0 Å². The van der Waals surface area contributed by atoms with Crippen LogP contribution in [0, 0.1) is 11.3 Å². The number of anilines is 1. The van der Waals surface area contributed by atoms with Crippen LogP contribution < -0.4 is 5.32 Å². The van der Waals surface area contributed by atoms with Crippen LogP contribution >= 0.6 is 31.9 Å². The zero-order chi connectivity index (χ0) is 14.8. The summed E-state index contributed by atoms with van der Waals surface area (Å²) >= 11 is 7.17. The van der Waals surface area contributed by atoms with Gasteiger partial charge in [-0.2, -0.15) is 0 Å². The summed E-state index contributed by atoms with van der Waals surface area (Å²) in [5, 5.41) is 3.70. The lowest BCUT2D eigenvalue weighted by molar-refractivity contribution is 0.147. The van der Waals surface area contributed by atoms with E-state index in [-0.39, 0.29) is 0 Å². The van der Waals surface area contributed by atoms with E-state index in [0.29, 0.717) is 11.5 Å². The summed E-state index contributed by atoms with van der Waals surface area (Å²) in [6.45, 7) is 7.18. The third-order valence-corrected chi connectivity index (χ3v) is 6.22. The maximum atomic E-state index is 3.70. The van der Waals surface area contributed by atoms with Gasteiger partial charge in [0.15, 0.2) is 0 Å². The summed E-state index contributed by atoms with van der Waals surface area (Å²) in [5.74, 6) is 0.886. The average molecular weight is 403 g/mol. The van der Waals surface area contributed by atoms with Crippen molar-refractivity contribution in [3.8, 4) is 0 Å². The third kappa shape index (κ3) is 4.00. The highest BCUT2D eigenvalue weighted by molar-refractivity contribution is 9.11. The van der Waals surface area contributed by atoms with Gasteiger partial charge in [-0.3, -0.25) is 0 Å². The van der Waals surface area contributed by atoms with E-state index in [0.717, 1.165) is 14.9 Å². The van der Waals surface area contributed by atoms with Gasteiger partial charge in [-0.05, 0) is 71.1 Å². The average Bonchev–Trinajstić information content (AvgIpc) is 2.43. The van der Waals surface area contributed by atoms with Crippen molar-refractivity contribution in [1.82, 2.24) is 0 Å². The zero-order valence-corrected chi connectivity index (χ0v) is 15.9. The predicted molar refractivity (Wildman–Crippen MR) is 95.3 cm³/mol. The Bertz CT molecular complexity index is 448. The second-order valence-corrected chi connectivity index (χ2v) is 8.43. The molecule has 0 aromatic heterocycles. The van der Waals surface area contributed by atoms with E-state index >= 15 is 0 Å². The van der Waals surface area contributed by atoms with Crippen LogP contribution in [0.25, 0.3) is 0 Å². The Balaban J connectivity index is 1.93. The lowest BCUT2D eigenvalue weighted by Crippen LogP contribution is -2.32. The molecule has 0 atom stereocenters. The molecule has 1 nitrogen and oxygen atoms in total. The van der Waals surface area contributed by atoms with Gasteiger partial charge in [0.2, 0.25) is 0 Å². The van der Waals surface area contributed by atoms with E-state index in [9.17, 15) is 0 Å². The number of benzene rings is 1. The van der Waals surface area contributed by atoms with Crippen molar-refractivity contribution in [2.75, 3.05) is 5.32 Å². The fourth-order valence-corrected chi connectivity index (χ4v) is 3.86. The second-order valence-electron chi connectivity index (χ2n) is 6.66. The molecule has 0 amide bonds. The number of nitrogens with one attached hydrogen (secondary N) is 1. The van der Waals surface area contributed by atoms with Crippen molar-refractivity contribution in [2.24, 2.45) is 11.3 Å². The standard InChI is InChI=1S/C17H25Br2N/c1-4-17(2,3)12-5-8-14(9-6-12)20-16-11-13(18)7-10-15(16)19/h7,10-12,14,20H,4-6,8-9H2,1-3H3. The molecule has 0 saturated heterocycles. The molecule has 0 radical (unpaired) electrons. The van der Waals surface area contributed by atoms with E-state index in [4.69, 9.17) is 0 Å². The van der Waals surface area contributed by atoms with Crippen LogP contribution in [0.5, 0.6) is 0 Å². The van der Waals surface area contributed by atoms with E-state index < -0.39 is 0 Å². The van der Waals surface area contributed by atoms with Crippen molar-refractivity contribution in [3.05, 3.63) is 27.1 Å². The second kappa shape index (κ2) is 6.83. The molecule has 1 N–H and O–H groups in total. The maximum Gasteiger partial charge on any atom is 0.0498 e. The van der Waals surface area contributed by atoms with Gasteiger partial charge in [-0.15, -0.1) is 0 Å². The van der Waals surface area contributed by atoms with Gasteiger partial charge in [-0.1, -0.05) is 43.1 Å². The first-order valence-corrected chi connectivity index (χ1v) is 9.22. The maximum absolute atomic E-state index is 3.70. The topological polar surface area (TPSA) is 12.0 Å². The van der Waals surface area contributed by atoms with Gasteiger partial charge in [0.05, 0.1) is 0 Å². The minimum atomic E-state index is 0.501. The molecule has 1 aromatic rings. The molecule has 3 heteroatoms. The van der Waals surface area contributed by atoms with Crippen LogP contribution in [0.15, 0.2) is 27.1 Å². The van der Waals surface area contributed by atoms with Crippen molar-refractivity contribution in [2.45, 2.75) is 58.9 Å². The highest BCUT2D eigenvalue weighted by Crippen LogP contribution is 2.41. The molecule has 20 heavy (non-hydrogen) atoms. The molecule has 1 saturated carbocycles. The normalized spacial score (nSPS) is 23.6. The molecule has 0 spiro atoms. The molecular weight excluding hydrogens is 378 g/mol. The van der Waals surface area contributed by atoms with Crippen molar-refractivity contribution in [1.29, 1.82) is 0 Å². The Morgan fingerprint density at radius 3 is 2.40 bits per heavy atom. The van der Waals surface area contributed by atoms with E-state index in [1.54, 1.807) is 0 Å². The van der Waals surface area contributed by atoms with Crippen LogP contribution in [0.2, 0.25) is 0 Å². The molecule has 0 heterocycles. The first kappa shape index (κ1) is 16.4. The summed E-state index contributed by atoms with van der Waals surface area (Å²) < 4.78 is 2.28. The summed E-state index contributed by atoms with van der Waals surface area (Å²) in [6.07, 6.45) is 6.56. The zero-order valence-electron chi connectivity index (χ0n) is 12.7. The molecule has 1 aliphatic carbocycles. The Hall–Kier alpha value is -0.0200. The fourth-order valence-electron chi connectivity index (χ4n) is 3.14. The molecule has 0 aliphatic heterocycles. The van der Waals surface area contributed by atoms with Gasteiger partial charge in [0, 0.05) is 20.7 Å². The monoisotopic (exact) mass is 401 g/mol. The van der Waals surface area contributed by atoms with Crippen LogP contribution in [0.3, 0.4) is 0 Å². The number of rotatable bonds is 4. The smallest absolute Gasteiger partial charge is 0.0498 e. The molecular formula is C17H25Br2N. The summed E-state index contributed by atoms with van der Waals surface area (Å²) in [5.41, 5.74) is 1.71. The molecule has 0 unspecified atom stereocenters. The molecule has 1 aromatic carbocycles. The fraction of sp³-hybridized carbons (Fsp3) is 0.647. The van der Waals surface area contributed by atoms with Crippen molar-refractivity contribution in [3.63, 3.8) is 0 Å². The van der Waals surface area contributed by atoms with E-state index in [1.165, 1.54) is 37.8 Å². The number of halogens is 2. The summed E-state index contributed by atoms with van der Waals surface area (Å²) in [4.78, 5) is 0. The minimum absolute atomic E-state index is 0.501. The molecule has 112 valence electrons. The molecule has 0 bridgehead atoms. The number of hydrogen-bond donors (Lipinski definition) is 1. The Kier molecular flexibility index (Phi) is 5.58. The lowest BCUT2D eigenvalue weighted by atomic mass is 9.69. The quantitative estimate of drug-likeness (QED) is 0.596. The van der Waals surface area contributed by atoms with Crippen LogP contribution in [0.4, 0.5) is 5.69 Å². The first-order valence-electron chi connectivity index (χ1n) is 7.64. The van der Waals surface area contributed by atoms with Gasteiger partial charge in [0.1, 0.15) is 0 Å². The largest absolute Gasteiger partial charge is 0.381 e. The van der Waals surface area contributed by atoms with Crippen LogP contribution in [-0.2, 0) is 0 Å². The summed E-state index contributed by atoms with van der Waals surface area (Å²) in [6, 6.07) is 6.94. The van der Waals surface area contributed by atoms with Gasteiger partial charge in [0.25, 0.3) is 0 Å². The lowest BCUT2D eigenvalue weighted by Gasteiger charge is -2.39. The van der Waals surface area contributed by atoms with Crippen LogP contribution in [-0.4, -0.2) is 6.04 Å². The summed E-state index contributed by atoms with van der Waals surface area (Å²) in [7, 11) is 0. The van der Waals surface area contributed by atoms with Crippen molar-refractivity contribution < 1.29 is 0 Å². The van der Waals surface area contributed by atoms with Gasteiger partial charge < -0.3 is 5.32 Å². The SMILES string of the molecule is CCC(C)(C)C1CCC(Nc2cc(Br)ccc2Br)CC1. The Morgan fingerprint density at radius 1 is 1.15 bits per heavy atom. The predicted octanol–water partition coefficient (Wildman–Crippen LogP) is 6.62. The first-order chi connectivity index (χ1) is 9.42. The van der Waals surface area contributed by atoms with Crippen molar-refractivity contribution >= 4 is 37.5 Å².